The highest BCUT2D eigenvalue weighted by molar-refractivity contribution is 5.77. The molecule has 27 heavy (non-hydrogen) atoms. The van der Waals surface area contributed by atoms with Crippen molar-refractivity contribution >= 4 is 5.91 Å². The molecule has 1 aromatic carbocycles. The van der Waals surface area contributed by atoms with Gasteiger partial charge in [-0.2, -0.15) is 10.1 Å². The second kappa shape index (κ2) is 7.32. The summed E-state index contributed by atoms with van der Waals surface area (Å²) >= 11 is 0. The molecule has 0 unspecified atom stereocenters. The summed E-state index contributed by atoms with van der Waals surface area (Å²) in [5.74, 6) is 0.971. The molecule has 1 aliphatic heterocycles. The Morgan fingerprint density at radius 2 is 2.11 bits per heavy atom. The van der Waals surface area contributed by atoms with Gasteiger partial charge in [0, 0.05) is 50.5 Å². The number of amides is 1. The van der Waals surface area contributed by atoms with Crippen LogP contribution in [0.5, 0.6) is 0 Å². The molecule has 1 amide bonds. The average Bonchev–Trinajstić information content (AvgIpc) is 3.31. The lowest BCUT2D eigenvalue weighted by molar-refractivity contribution is -0.133. The van der Waals surface area contributed by atoms with Gasteiger partial charge in [0.2, 0.25) is 11.7 Å². The van der Waals surface area contributed by atoms with Gasteiger partial charge < -0.3 is 14.2 Å². The van der Waals surface area contributed by atoms with Crippen molar-refractivity contribution in [1.29, 1.82) is 0 Å². The minimum Gasteiger partial charge on any atom is -0.384 e. The lowest BCUT2D eigenvalue weighted by Crippen LogP contribution is -2.36. The third-order valence-corrected chi connectivity index (χ3v) is 4.78. The van der Waals surface area contributed by atoms with Crippen molar-refractivity contribution in [2.45, 2.75) is 19.4 Å². The highest BCUT2D eigenvalue weighted by Crippen LogP contribution is 2.30. The van der Waals surface area contributed by atoms with E-state index in [9.17, 15) is 4.79 Å². The molecule has 2 aromatic heterocycles. The fourth-order valence-electron chi connectivity index (χ4n) is 3.35. The van der Waals surface area contributed by atoms with Gasteiger partial charge in [-0.15, -0.1) is 0 Å². The number of carbonyl (C=O) groups is 1. The number of rotatable bonds is 5. The third-order valence-electron chi connectivity index (χ3n) is 4.78. The number of aryl methyl sites for hydroxylation is 1. The summed E-state index contributed by atoms with van der Waals surface area (Å²) in [4.78, 5) is 18.7. The van der Waals surface area contributed by atoms with Gasteiger partial charge >= 0.3 is 0 Å². The van der Waals surface area contributed by atoms with Crippen LogP contribution in [0.2, 0.25) is 0 Å². The second-order valence-corrected chi connectivity index (χ2v) is 6.49. The minimum absolute atomic E-state index is 0.0767. The van der Waals surface area contributed by atoms with Crippen molar-refractivity contribution in [2.75, 3.05) is 20.3 Å². The Balaban J connectivity index is 1.63. The van der Waals surface area contributed by atoms with Gasteiger partial charge in [0.1, 0.15) is 0 Å². The molecule has 8 heteroatoms. The van der Waals surface area contributed by atoms with Crippen LogP contribution in [0.3, 0.4) is 0 Å². The standard InChI is InChI=1S/C19H21N5O3/c1-23-15-8-10-24(16(25)9-11-26-2)12-14(15)17(21-23)19-20-18(22-27-19)13-6-4-3-5-7-13/h3-7H,8-12H2,1-2H3. The first-order valence-corrected chi connectivity index (χ1v) is 8.88. The Bertz CT molecular complexity index is 948. The first-order valence-electron chi connectivity index (χ1n) is 8.88. The van der Waals surface area contributed by atoms with Crippen LogP contribution in [0.1, 0.15) is 17.7 Å². The molecule has 0 N–H and O–H groups in total. The smallest absolute Gasteiger partial charge is 0.279 e. The lowest BCUT2D eigenvalue weighted by Gasteiger charge is -2.27. The van der Waals surface area contributed by atoms with Crippen molar-refractivity contribution in [3.05, 3.63) is 41.6 Å². The molecule has 0 spiro atoms. The normalized spacial score (nSPS) is 13.6. The second-order valence-electron chi connectivity index (χ2n) is 6.49. The molecular weight excluding hydrogens is 346 g/mol. The summed E-state index contributed by atoms with van der Waals surface area (Å²) in [6, 6.07) is 9.65. The van der Waals surface area contributed by atoms with Crippen LogP contribution >= 0.6 is 0 Å². The van der Waals surface area contributed by atoms with Crippen molar-refractivity contribution in [3.8, 4) is 23.0 Å². The largest absolute Gasteiger partial charge is 0.384 e. The minimum atomic E-state index is 0.0767. The first-order chi connectivity index (χ1) is 13.2. The predicted molar refractivity (Wildman–Crippen MR) is 97.6 cm³/mol. The quantitative estimate of drug-likeness (QED) is 0.686. The molecule has 0 bridgehead atoms. The molecule has 0 saturated heterocycles. The third kappa shape index (κ3) is 3.35. The molecule has 1 aliphatic rings. The van der Waals surface area contributed by atoms with Crippen molar-refractivity contribution in [3.63, 3.8) is 0 Å². The topological polar surface area (TPSA) is 86.3 Å². The van der Waals surface area contributed by atoms with E-state index in [0.717, 1.165) is 23.2 Å². The molecule has 0 aliphatic carbocycles. The van der Waals surface area contributed by atoms with Crippen LogP contribution in [0.15, 0.2) is 34.9 Å². The Morgan fingerprint density at radius 1 is 1.30 bits per heavy atom. The van der Waals surface area contributed by atoms with Gasteiger partial charge in [-0.25, -0.2) is 0 Å². The van der Waals surface area contributed by atoms with Gasteiger partial charge in [-0.3, -0.25) is 9.48 Å². The van der Waals surface area contributed by atoms with E-state index in [-0.39, 0.29) is 5.91 Å². The summed E-state index contributed by atoms with van der Waals surface area (Å²) in [6.07, 6.45) is 1.12. The molecular formula is C19H21N5O3. The van der Waals surface area contributed by atoms with Gasteiger partial charge in [0.05, 0.1) is 13.0 Å². The monoisotopic (exact) mass is 367 g/mol. The molecule has 0 radical (unpaired) electrons. The van der Waals surface area contributed by atoms with E-state index in [2.05, 4.69) is 15.2 Å². The van der Waals surface area contributed by atoms with Crippen molar-refractivity contribution in [2.24, 2.45) is 7.05 Å². The molecule has 3 heterocycles. The zero-order valence-corrected chi connectivity index (χ0v) is 15.4. The van der Waals surface area contributed by atoms with Crippen LogP contribution in [0, 0.1) is 0 Å². The fraction of sp³-hybridized carbons (Fsp3) is 0.368. The molecule has 0 fully saturated rings. The van der Waals surface area contributed by atoms with Gasteiger partial charge in [-0.05, 0) is 0 Å². The average molecular weight is 367 g/mol. The molecule has 0 saturated carbocycles. The summed E-state index contributed by atoms with van der Waals surface area (Å²) in [7, 11) is 3.50. The van der Waals surface area contributed by atoms with E-state index in [1.54, 1.807) is 7.11 Å². The number of benzene rings is 1. The van der Waals surface area contributed by atoms with Crippen LogP contribution in [0.25, 0.3) is 23.0 Å². The highest BCUT2D eigenvalue weighted by atomic mass is 16.5. The van der Waals surface area contributed by atoms with Crippen molar-refractivity contribution < 1.29 is 14.1 Å². The van der Waals surface area contributed by atoms with Crippen LogP contribution in [-0.4, -0.2) is 51.0 Å². The van der Waals surface area contributed by atoms with Crippen LogP contribution < -0.4 is 0 Å². The van der Waals surface area contributed by atoms with Crippen molar-refractivity contribution in [1.82, 2.24) is 24.8 Å². The zero-order chi connectivity index (χ0) is 18.8. The fourth-order valence-corrected chi connectivity index (χ4v) is 3.35. The number of carbonyl (C=O) groups excluding carboxylic acids is 1. The van der Waals surface area contributed by atoms with Crippen LogP contribution in [0.4, 0.5) is 0 Å². The maximum absolute atomic E-state index is 12.4. The zero-order valence-electron chi connectivity index (χ0n) is 15.4. The maximum Gasteiger partial charge on any atom is 0.279 e. The number of fused-ring (bicyclic) bond motifs is 1. The van der Waals surface area contributed by atoms with Crippen LogP contribution in [-0.2, 0) is 29.5 Å². The summed E-state index contributed by atoms with van der Waals surface area (Å²) in [6.45, 7) is 1.59. The van der Waals surface area contributed by atoms with E-state index < -0.39 is 0 Å². The Labute approximate surface area is 156 Å². The number of aromatic nitrogens is 4. The van der Waals surface area contributed by atoms with E-state index in [1.165, 1.54) is 0 Å². The maximum atomic E-state index is 12.4. The van der Waals surface area contributed by atoms with Gasteiger partial charge in [0.25, 0.3) is 5.89 Å². The molecule has 3 aromatic rings. The Hall–Kier alpha value is -3.00. The summed E-state index contributed by atoms with van der Waals surface area (Å²) in [5, 5.41) is 8.67. The number of ether oxygens (including phenoxy) is 1. The molecule has 0 atom stereocenters. The van der Waals surface area contributed by atoms with E-state index in [0.29, 0.717) is 43.5 Å². The number of hydrogen-bond donors (Lipinski definition) is 0. The van der Waals surface area contributed by atoms with Gasteiger partial charge in [-0.1, -0.05) is 35.5 Å². The highest BCUT2D eigenvalue weighted by Gasteiger charge is 2.29. The SMILES string of the molecule is COCCC(=O)N1CCc2c(c(-c3nc(-c4ccccc4)no3)nn2C)C1. The molecule has 140 valence electrons. The van der Waals surface area contributed by atoms with E-state index >= 15 is 0 Å². The summed E-state index contributed by atoms with van der Waals surface area (Å²) < 4.78 is 12.3. The number of nitrogens with zero attached hydrogens (tertiary/aromatic N) is 5. The lowest BCUT2D eigenvalue weighted by atomic mass is 10.0. The number of methoxy groups -OCH3 is 1. The Morgan fingerprint density at radius 3 is 2.89 bits per heavy atom. The van der Waals surface area contributed by atoms with Gasteiger partial charge in [0.15, 0.2) is 5.69 Å². The first kappa shape index (κ1) is 17.4. The predicted octanol–water partition coefficient (Wildman–Crippen LogP) is 2.06. The van der Waals surface area contributed by atoms with E-state index in [1.807, 2.05) is 47.0 Å². The van der Waals surface area contributed by atoms with E-state index in [4.69, 9.17) is 9.26 Å². The Kier molecular flexibility index (Phi) is 4.72. The molecule has 8 nitrogen and oxygen atoms in total. The molecule has 4 rings (SSSR count). The summed E-state index contributed by atoms with van der Waals surface area (Å²) in [5.41, 5.74) is 3.60. The number of hydrogen-bond acceptors (Lipinski definition) is 6.